The van der Waals surface area contributed by atoms with E-state index < -0.39 is 0 Å². The van der Waals surface area contributed by atoms with Crippen LogP contribution in [0.25, 0.3) is 0 Å². The highest BCUT2D eigenvalue weighted by molar-refractivity contribution is 5.43. The van der Waals surface area contributed by atoms with E-state index in [-0.39, 0.29) is 0 Å². The third kappa shape index (κ3) is 2.11. The van der Waals surface area contributed by atoms with Crippen molar-refractivity contribution in [3.8, 4) is 0 Å². The molecule has 16 heavy (non-hydrogen) atoms. The van der Waals surface area contributed by atoms with E-state index in [2.05, 4.69) is 49.0 Å². The van der Waals surface area contributed by atoms with Crippen molar-refractivity contribution >= 4 is 5.69 Å². The average Bonchev–Trinajstić information content (AvgIpc) is 2.56. The molecule has 0 saturated heterocycles. The molecule has 1 aromatic heterocycles. The first-order valence-electron chi connectivity index (χ1n) is 5.59. The minimum atomic E-state index is 0.886. The Balaban J connectivity index is 2.08. The molecule has 0 radical (unpaired) electrons. The molecule has 1 heterocycles. The molecule has 0 spiro atoms. The van der Waals surface area contributed by atoms with Crippen molar-refractivity contribution < 1.29 is 0 Å². The van der Waals surface area contributed by atoms with Gasteiger partial charge < -0.3 is 9.88 Å². The van der Waals surface area contributed by atoms with Gasteiger partial charge in [0.25, 0.3) is 0 Å². The number of para-hydroxylation sites is 1. The van der Waals surface area contributed by atoms with Crippen LogP contribution in [-0.4, -0.2) is 4.57 Å². The maximum atomic E-state index is 3.43. The number of rotatable bonds is 3. The number of aryl methyl sites for hydroxylation is 1. The predicted molar refractivity (Wildman–Crippen MR) is 68.7 cm³/mol. The highest BCUT2D eigenvalue weighted by Crippen LogP contribution is 2.15. The quantitative estimate of drug-likeness (QED) is 0.830. The summed E-state index contributed by atoms with van der Waals surface area (Å²) in [6.07, 6.45) is 0. The second-order valence-corrected chi connectivity index (χ2v) is 4.17. The maximum Gasteiger partial charge on any atom is 0.0418 e. The van der Waals surface area contributed by atoms with Crippen LogP contribution in [0.5, 0.6) is 0 Å². The molecule has 0 aliphatic carbocycles. The third-order valence-electron chi connectivity index (χ3n) is 3.14. The molecule has 1 N–H and O–H groups in total. The van der Waals surface area contributed by atoms with Crippen molar-refractivity contribution in [3.05, 3.63) is 53.3 Å². The minimum Gasteiger partial charge on any atom is -0.381 e. The first-order valence-corrected chi connectivity index (χ1v) is 5.59. The van der Waals surface area contributed by atoms with Crippen LogP contribution >= 0.6 is 0 Å². The summed E-state index contributed by atoms with van der Waals surface area (Å²) in [6.45, 7) is 5.19. The van der Waals surface area contributed by atoms with Crippen molar-refractivity contribution in [3.63, 3.8) is 0 Å². The lowest BCUT2D eigenvalue weighted by Crippen LogP contribution is -2.01. The molecular formula is C14H18N2. The molecule has 2 aromatic rings. The van der Waals surface area contributed by atoms with E-state index in [0.717, 1.165) is 6.54 Å². The van der Waals surface area contributed by atoms with Crippen LogP contribution in [-0.2, 0) is 13.6 Å². The summed E-state index contributed by atoms with van der Waals surface area (Å²) in [5.74, 6) is 0. The Morgan fingerprint density at radius 1 is 1.12 bits per heavy atom. The zero-order chi connectivity index (χ0) is 11.5. The molecule has 0 aliphatic heterocycles. The lowest BCUT2D eigenvalue weighted by Gasteiger charge is -2.06. The van der Waals surface area contributed by atoms with E-state index in [4.69, 9.17) is 0 Å². The summed E-state index contributed by atoms with van der Waals surface area (Å²) in [5, 5.41) is 3.43. The highest BCUT2D eigenvalue weighted by atomic mass is 15.0. The Bertz CT molecular complexity index is 469. The van der Waals surface area contributed by atoms with Gasteiger partial charge >= 0.3 is 0 Å². The first kappa shape index (κ1) is 10.8. The van der Waals surface area contributed by atoms with Crippen LogP contribution in [0.4, 0.5) is 5.69 Å². The number of benzene rings is 1. The first-order chi connectivity index (χ1) is 7.68. The van der Waals surface area contributed by atoms with Crippen LogP contribution in [0.3, 0.4) is 0 Å². The van der Waals surface area contributed by atoms with Gasteiger partial charge in [0, 0.05) is 30.7 Å². The average molecular weight is 214 g/mol. The molecule has 0 unspecified atom stereocenters. The van der Waals surface area contributed by atoms with E-state index in [0.29, 0.717) is 0 Å². The summed E-state index contributed by atoms with van der Waals surface area (Å²) >= 11 is 0. The molecule has 2 heteroatoms. The van der Waals surface area contributed by atoms with Gasteiger partial charge in [-0.15, -0.1) is 0 Å². The third-order valence-corrected chi connectivity index (χ3v) is 3.14. The van der Waals surface area contributed by atoms with E-state index in [9.17, 15) is 0 Å². The van der Waals surface area contributed by atoms with Gasteiger partial charge in [0.2, 0.25) is 0 Å². The summed E-state index contributed by atoms with van der Waals surface area (Å²) in [6, 6.07) is 12.5. The monoisotopic (exact) mass is 214 g/mol. The summed E-state index contributed by atoms with van der Waals surface area (Å²) in [7, 11) is 2.11. The van der Waals surface area contributed by atoms with Crippen molar-refractivity contribution in [1.29, 1.82) is 0 Å². The largest absolute Gasteiger partial charge is 0.381 e. The zero-order valence-corrected chi connectivity index (χ0v) is 10.1. The fourth-order valence-electron chi connectivity index (χ4n) is 1.87. The van der Waals surface area contributed by atoms with Crippen molar-refractivity contribution in [2.24, 2.45) is 7.05 Å². The SMILES string of the molecule is Cc1cc(CNc2ccccc2)c(C)n1C. The second kappa shape index (κ2) is 4.44. The molecule has 0 fully saturated rings. The molecule has 84 valence electrons. The Morgan fingerprint density at radius 2 is 1.81 bits per heavy atom. The topological polar surface area (TPSA) is 17.0 Å². The van der Waals surface area contributed by atoms with Crippen molar-refractivity contribution in [1.82, 2.24) is 4.57 Å². The summed E-state index contributed by atoms with van der Waals surface area (Å²) in [4.78, 5) is 0. The Hall–Kier alpha value is -1.70. The summed E-state index contributed by atoms with van der Waals surface area (Å²) < 4.78 is 2.22. The van der Waals surface area contributed by atoms with Gasteiger partial charge in [-0.1, -0.05) is 18.2 Å². The van der Waals surface area contributed by atoms with E-state index in [1.54, 1.807) is 0 Å². The Labute approximate surface area is 96.9 Å². The molecule has 1 aromatic carbocycles. The van der Waals surface area contributed by atoms with E-state index in [1.165, 1.54) is 22.6 Å². The van der Waals surface area contributed by atoms with Crippen LogP contribution in [0, 0.1) is 13.8 Å². The van der Waals surface area contributed by atoms with Gasteiger partial charge in [-0.05, 0) is 37.6 Å². The minimum absolute atomic E-state index is 0.886. The van der Waals surface area contributed by atoms with Gasteiger partial charge in [-0.2, -0.15) is 0 Å². The zero-order valence-electron chi connectivity index (χ0n) is 10.1. The fourth-order valence-corrected chi connectivity index (χ4v) is 1.87. The van der Waals surface area contributed by atoms with E-state index in [1.807, 2.05) is 18.2 Å². The van der Waals surface area contributed by atoms with Crippen molar-refractivity contribution in [2.75, 3.05) is 5.32 Å². The Kier molecular flexibility index (Phi) is 3.00. The lowest BCUT2D eigenvalue weighted by atomic mass is 10.2. The smallest absolute Gasteiger partial charge is 0.0418 e. The number of nitrogens with zero attached hydrogens (tertiary/aromatic N) is 1. The molecule has 0 atom stereocenters. The molecule has 0 aliphatic rings. The Morgan fingerprint density at radius 3 is 2.38 bits per heavy atom. The fraction of sp³-hybridized carbons (Fsp3) is 0.286. The molecule has 0 bridgehead atoms. The lowest BCUT2D eigenvalue weighted by molar-refractivity contribution is 0.837. The standard InChI is InChI=1S/C14H18N2/c1-11-9-13(12(2)16(11)3)10-15-14-7-5-4-6-8-14/h4-9,15H,10H2,1-3H3. The van der Waals surface area contributed by atoms with Gasteiger partial charge in [0.1, 0.15) is 0 Å². The maximum absolute atomic E-state index is 3.43. The number of anilines is 1. The van der Waals surface area contributed by atoms with Gasteiger partial charge in [0.15, 0.2) is 0 Å². The van der Waals surface area contributed by atoms with Crippen LogP contribution in [0.1, 0.15) is 17.0 Å². The number of hydrogen-bond donors (Lipinski definition) is 1. The molecule has 0 amide bonds. The van der Waals surface area contributed by atoms with Gasteiger partial charge in [-0.25, -0.2) is 0 Å². The second-order valence-electron chi connectivity index (χ2n) is 4.17. The molecular weight excluding hydrogens is 196 g/mol. The molecule has 2 nitrogen and oxygen atoms in total. The van der Waals surface area contributed by atoms with E-state index >= 15 is 0 Å². The van der Waals surface area contributed by atoms with Crippen molar-refractivity contribution in [2.45, 2.75) is 20.4 Å². The normalized spacial score (nSPS) is 10.4. The summed E-state index contributed by atoms with van der Waals surface area (Å²) in [5.41, 5.74) is 5.18. The number of nitrogens with one attached hydrogen (secondary N) is 1. The van der Waals surface area contributed by atoms with Gasteiger partial charge in [0.05, 0.1) is 0 Å². The van der Waals surface area contributed by atoms with Gasteiger partial charge in [-0.3, -0.25) is 0 Å². The number of hydrogen-bond acceptors (Lipinski definition) is 1. The predicted octanol–water partition coefficient (Wildman–Crippen LogP) is 3.25. The van der Waals surface area contributed by atoms with Crippen LogP contribution in [0.15, 0.2) is 36.4 Å². The number of aromatic nitrogens is 1. The van der Waals surface area contributed by atoms with Crippen LogP contribution < -0.4 is 5.32 Å². The molecule has 2 rings (SSSR count). The molecule has 0 saturated carbocycles. The van der Waals surface area contributed by atoms with Crippen LogP contribution in [0.2, 0.25) is 0 Å². The highest BCUT2D eigenvalue weighted by Gasteiger charge is 2.04.